The lowest BCUT2D eigenvalue weighted by Crippen LogP contribution is -2.53. The Kier molecular flexibility index (Phi) is 3.63. The van der Waals surface area contributed by atoms with Crippen LogP contribution < -0.4 is 0 Å². The number of hydrogen-bond donors (Lipinski definition) is 0. The Labute approximate surface area is 124 Å². The maximum atomic E-state index is 12.4. The normalized spacial score (nSPS) is 22.2. The molecule has 2 aliphatic rings. The number of carbonyl (C=O) groups excluding carboxylic acids is 3. The molecule has 118 valence electrons. The van der Waals surface area contributed by atoms with Gasteiger partial charge < -0.3 is 9.64 Å². The van der Waals surface area contributed by atoms with Crippen molar-refractivity contribution in [3.05, 3.63) is 0 Å². The first-order chi connectivity index (χ1) is 9.58. The van der Waals surface area contributed by atoms with E-state index in [1.807, 2.05) is 0 Å². The van der Waals surface area contributed by atoms with Gasteiger partial charge in [0.05, 0.1) is 0 Å². The van der Waals surface area contributed by atoms with E-state index in [4.69, 9.17) is 4.74 Å². The molecule has 0 saturated carbocycles. The number of amides is 3. The van der Waals surface area contributed by atoms with Gasteiger partial charge in [-0.3, -0.25) is 19.6 Å². The van der Waals surface area contributed by atoms with Crippen molar-refractivity contribution in [1.29, 1.82) is 0 Å². The molecular weight excluding hydrogens is 274 g/mol. The molecule has 0 bridgehead atoms. The van der Waals surface area contributed by atoms with E-state index in [-0.39, 0.29) is 18.4 Å². The van der Waals surface area contributed by atoms with Crippen molar-refractivity contribution in [3.8, 4) is 0 Å². The van der Waals surface area contributed by atoms with Crippen LogP contribution in [-0.2, 0) is 14.3 Å². The molecule has 0 aliphatic carbocycles. The summed E-state index contributed by atoms with van der Waals surface area (Å²) in [4.78, 5) is 38.5. The molecule has 0 unspecified atom stereocenters. The van der Waals surface area contributed by atoms with Gasteiger partial charge in [0.25, 0.3) is 11.8 Å². The minimum absolute atomic E-state index is 0.0915. The van der Waals surface area contributed by atoms with Gasteiger partial charge in [-0.1, -0.05) is 0 Å². The summed E-state index contributed by atoms with van der Waals surface area (Å²) < 4.78 is 5.34. The van der Waals surface area contributed by atoms with E-state index in [9.17, 15) is 14.4 Å². The fraction of sp³-hybridized carbons (Fsp3) is 0.786. The molecule has 0 aromatic carbocycles. The summed E-state index contributed by atoms with van der Waals surface area (Å²) in [5.41, 5.74) is -1.74. The van der Waals surface area contributed by atoms with Gasteiger partial charge in [-0.05, 0) is 33.6 Å². The van der Waals surface area contributed by atoms with Crippen molar-refractivity contribution in [3.63, 3.8) is 0 Å². The van der Waals surface area contributed by atoms with Crippen LogP contribution in [0.25, 0.3) is 0 Å². The quantitative estimate of drug-likeness (QED) is 0.622. The summed E-state index contributed by atoms with van der Waals surface area (Å²) >= 11 is 0. The third-order valence-corrected chi connectivity index (χ3v) is 4.00. The van der Waals surface area contributed by atoms with E-state index >= 15 is 0 Å². The van der Waals surface area contributed by atoms with E-state index in [2.05, 4.69) is 0 Å². The first-order valence-corrected chi connectivity index (χ1v) is 7.13. The van der Waals surface area contributed by atoms with E-state index in [0.29, 0.717) is 19.4 Å². The van der Waals surface area contributed by atoms with E-state index < -0.39 is 17.1 Å². The van der Waals surface area contributed by atoms with Gasteiger partial charge in [-0.15, -0.1) is 0 Å². The molecule has 0 N–H and O–H groups in total. The molecule has 7 nitrogen and oxygen atoms in total. The highest BCUT2D eigenvalue weighted by molar-refractivity contribution is 6.10. The fourth-order valence-electron chi connectivity index (χ4n) is 2.87. The lowest BCUT2D eigenvalue weighted by Gasteiger charge is -2.37. The van der Waals surface area contributed by atoms with Gasteiger partial charge >= 0.3 is 6.09 Å². The highest BCUT2D eigenvalue weighted by atomic mass is 16.6. The standard InChI is InChI=1S/C14H23N3O4/c1-13(2,3)21-12(20)17-8-6-7-14(9-17)10(18)15(4)16(5)11(14)19/h6-9H2,1-5H3. The summed E-state index contributed by atoms with van der Waals surface area (Å²) in [6.45, 7) is 5.97. The van der Waals surface area contributed by atoms with Crippen LogP contribution in [0.5, 0.6) is 0 Å². The Morgan fingerprint density at radius 2 is 1.67 bits per heavy atom. The molecule has 2 fully saturated rings. The maximum absolute atomic E-state index is 12.4. The number of hydrazine groups is 1. The number of hydrogen-bond acceptors (Lipinski definition) is 4. The summed E-state index contributed by atoms with van der Waals surface area (Å²) in [6.07, 6.45) is 0.608. The molecule has 0 radical (unpaired) electrons. The van der Waals surface area contributed by atoms with Gasteiger partial charge in [0.1, 0.15) is 11.0 Å². The SMILES string of the molecule is CN1C(=O)C2(CCCN(C(=O)OC(C)(C)C)C2)C(=O)N1C. The second-order valence-electron chi connectivity index (χ2n) is 6.75. The highest BCUT2D eigenvalue weighted by Gasteiger charge is 2.58. The Morgan fingerprint density at radius 3 is 2.14 bits per heavy atom. The molecule has 1 spiro atoms. The predicted octanol–water partition coefficient (Wildman–Crippen LogP) is 0.849. The maximum Gasteiger partial charge on any atom is 0.410 e. The molecule has 7 heteroatoms. The molecule has 21 heavy (non-hydrogen) atoms. The second kappa shape index (κ2) is 4.89. The van der Waals surface area contributed by atoms with Gasteiger partial charge in [0, 0.05) is 27.2 Å². The minimum atomic E-state index is -1.14. The summed E-state index contributed by atoms with van der Waals surface area (Å²) in [5, 5.41) is 2.64. The molecule has 2 saturated heterocycles. The highest BCUT2D eigenvalue weighted by Crippen LogP contribution is 2.38. The lowest BCUT2D eigenvalue weighted by atomic mass is 9.79. The smallest absolute Gasteiger partial charge is 0.410 e. The van der Waals surface area contributed by atoms with Gasteiger partial charge in [0.15, 0.2) is 0 Å². The average Bonchev–Trinajstić information content (AvgIpc) is 2.54. The summed E-state index contributed by atoms with van der Waals surface area (Å²) in [6, 6.07) is 0. The number of carbonyl (C=O) groups is 3. The van der Waals surface area contributed by atoms with Crippen molar-refractivity contribution in [2.45, 2.75) is 39.2 Å². The van der Waals surface area contributed by atoms with Crippen LogP contribution in [0.4, 0.5) is 4.79 Å². The van der Waals surface area contributed by atoms with Crippen molar-refractivity contribution in [2.24, 2.45) is 5.41 Å². The molecular formula is C14H23N3O4. The van der Waals surface area contributed by atoms with Crippen LogP contribution in [0.3, 0.4) is 0 Å². The van der Waals surface area contributed by atoms with Crippen LogP contribution in [0.2, 0.25) is 0 Å². The molecule has 3 amide bonds. The van der Waals surface area contributed by atoms with Crippen LogP contribution in [0, 0.1) is 5.41 Å². The van der Waals surface area contributed by atoms with Crippen LogP contribution in [0.15, 0.2) is 0 Å². The van der Waals surface area contributed by atoms with Gasteiger partial charge in [0.2, 0.25) is 0 Å². The third-order valence-electron chi connectivity index (χ3n) is 4.00. The molecule has 2 heterocycles. The molecule has 0 atom stereocenters. The minimum Gasteiger partial charge on any atom is -0.444 e. The average molecular weight is 297 g/mol. The molecule has 0 aromatic rings. The number of piperidine rings is 1. The summed E-state index contributed by atoms with van der Waals surface area (Å²) in [5.74, 6) is -0.494. The molecule has 2 rings (SSSR count). The lowest BCUT2D eigenvalue weighted by molar-refractivity contribution is -0.141. The van der Waals surface area contributed by atoms with E-state index in [1.165, 1.54) is 14.9 Å². The predicted molar refractivity (Wildman–Crippen MR) is 75.0 cm³/mol. The summed E-state index contributed by atoms with van der Waals surface area (Å²) in [7, 11) is 3.14. The topological polar surface area (TPSA) is 70.2 Å². The van der Waals surface area contributed by atoms with Crippen molar-refractivity contribution in [2.75, 3.05) is 27.2 Å². The Morgan fingerprint density at radius 1 is 1.14 bits per heavy atom. The van der Waals surface area contributed by atoms with Crippen molar-refractivity contribution < 1.29 is 19.1 Å². The Balaban J connectivity index is 2.20. The zero-order valence-electron chi connectivity index (χ0n) is 13.3. The first kappa shape index (κ1) is 15.6. The van der Waals surface area contributed by atoms with E-state index in [1.54, 1.807) is 34.9 Å². The molecule has 2 aliphatic heterocycles. The van der Waals surface area contributed by atoms with Crippen molar-refractivity contribution >= 4 is 17.9 Å². The third kappa shape index (κ3) is 2.56. The largest absolute Gasteiger partial charge is 0.444 e. The Hall–Kier alpha value is -1.79. The van der Waals surface area contributed by atoms with Crippen LogP contribution in [0.1, 0.15) is 33.6 Å². The first-order valence-electron chi connectivity index (χ1n) is 7.13. The van der Waals surface area contributed by atoms with Crippen LogP contribution >= 0.6 is 0 Å². The zero-order chi connectivity index (χ0) is 16.0. The zero-order valence-corrected chi connectivity index (χ0v) is 13.3. The number of likely N-dealkylation sites (tertiary alicyclic amines) is 1. The Bertz CT molecular complexity index is 463. The second-order valence-corrected chi connectivity index (χ2v) is 6.75. The fourth-order valence-corrected chi connectivity index (χ4v) is 2.87. The van der Waals surface area contributed by atoms with Crippen LogP contribution in [-0.4, -0.2) is 65.6 Å². The van der Waals surface area contributed by atoms with Gasteiger partial charge in [-0.2, -0.15) is 0 Å². The molecule has 0 aromatic heterocycles. The van der Waals surface area contributed by atoms with Gasteiger partial charge in [-0.25, -0.2) is 4.79 Å². The number of ether oxygens (including phenoxy) is 1. The van der Waals surface area contributed by atoms with Crippen molar-refractivity contribution in [1.82, 2.24) is 14.9 Å². The number of nitrogens with zero attached hydrogens (tertiary/aromatic N) is 3. The van der Waals surface area contributed by atoms with E-state index in [0.717, 1.165) is 0 Å². The monoisotopic (exact) mass is 297 g/mol. The number of rotatable bonds is 0.